The van der Waals surface area contributed by atoms with Gasteiger partial charge < -0.3 is 0 Å². The summed E-state index contributed by atoms with van der Waals surface area (Å²) in [5.41, 5.74) is 2.30. The van der Waals surface area contributed by atoms with Gasteiger partial charge >= 0.3 is 0 Å². The Bertz CT molecular complexity index is 411. The minimum absolute atomic E-state index is 0.469. The van der Waals surface area contributed by atoms with E-state index in [1.54, 1.807) is 0 Å². The Hall–Kier alpha value is -1.70. The van der Waals surface area contributed by atoms with Crippen LogP contribution < -0.4 is 0 Å². The minimum atomic E-state index is 0.469. The lowest BCUT2D eigenvalue weighted by Gasteiger charge is -2.13. The van der Waals surface area contributed by atoms with E-state index >= 15 is 0 Å². The van der Waals surface area contributed by atoms with Gasteiger partial charge in [-0.25, -0.2) is 0 Å². The maximum absolute atomic E-state index is 4.42. The van der Waals surface area contributed by atoms with E-state index < -0.39 is 0 Å². The predicted molar refractivity (Wildman–Crippen MR) is 65.2 cm³/mol. The molecule has 2 heterocycles. The van der Waals surface area contributed by atoms with Crippen LogP contribution in [0.1, 0.15) is 30.7 Å². The molecule has 0 saturated heterocycles. The highest BCUT2D eigenvalue weighted by molar-refractivity contribution is 5.14. The summed E-state index contributed by atoms with van der Waals surface area (Å²) in [6.07, 6.45) is 5.76. The average Bonchev–Trinajstić information content (AvgIpc) is 2.38. The van der Waals surface area contributed by atoms with Gasteiger partial charge in [-0.15, -0.1) is 0 Å². The van der Waals surface area contributed by atoms with Crippen LogP contribution in [0.2, 0.25) is 0 Å². The van der Waals surface area contributed by atoms with Crippen molar-refractivity contribution in [1.82, 2.24) is 9.97 Å². The van der Waals surface area contributed by atoms with Crippen LogP contribution in [-0.2, 0) is 6.42 Å². The first-order valence-corrected chi connectivity index (χ1v) is 5.71. The molecule has 0 aromatic carbocycles. The highest BCUT2D eigenvalue weighted by atomic mass is 14.7. The molecule has 0 fully saturated rings. The van der Waals surface area contributed by atoms with Crippen molar-refractivity contribution in [3.63, 3.8) is 0 Å². The first kappa shape index (κ1) is 10.8. The average molecular weight is 212 g/mol. The monoisotopic (exact) mass is 212 g/mol. The second-order valence-electron chi connectivity index (χ2n) is 3.88. The molecule has 16 heavy (non-hydrogen) atoms. The Balaban J connectivity index is 2.13. The van der Waals surface area contributed by atoms with E-state index in [1.165, 1.54) is 0 Å². The Morgan fingerprint density at radius 1 is 1.00 bits per heavy atom. The number of hydrogen-bond donors (Lipinski definition) is 0. The molecule has 0 saturated carbocycles. The van der Waals surface area contributed by atoms with Gasteiger partial charge in [-0.3, -0.25) is 9.97 Å². The van der Waals surface area contributed by atoms with E-state index in [0.717, 1.165) is 24.2 Å². The molecule has 0 aliphatic heterocycles. The molecule has 0 bridgehead atoms. The number of hydrogen-bond acceptors (Lipinski definition) is 2. The second kappa shape index (κ2) is 5.40. The highest BCUT2D eigenvalue weighted by Gasteiger charge is 2.11. The number of rotatable bonds is 4. The van der Waals surface area contributed by atoms with Crippen molar-refractivity contribution in [3.05, 3.63) is 60.2 Å². The fourth-order valence-electron chi connectivity index (χ4n) is 1.85. The maximum Gasteiger partial charge on any atom is 0.0438 e. The van der Waals surface area contributed by atoms with Crippen molar-refractivity contribution in [2.45, 2.75) is 25.7 Å². The molecule has 2 aromatic rings. The van der Waals surface area contributed by atoms with E-state index in [2.05, 4.69) is 29.0 Å². The summed E-state index contributed by atoms with van der Waals surface area (Å²) in [6.45, 7) is 2.20. The van der Waals surface area contributed by atoms with Gasteiger partial charge in [0.15, 0.2) is 0 Å². The molecule has 2 rings (SSSR count). The summed E-state index contributed by atoms with van der Waals surface area (Å²) in [6, 6.07) is 12.2. The summed E-state index contributed by atoms with van der Waals surface area (Å²) in [4.78, 5) is 8.78. The van der Waals surface area contributed by atoms with Gasteiger partial charge in [0.2, 0.25) is 0 Å². The molecule has 1 atom stereocenters. The van der Waals surface area contributed by atoms with Gasteiger partial charge in [0.25, 0.3) is 0 Å². The Kier molecular flexibility index (Phi) is 3.65. The number of aromatic nitrogens is 2. The second-order valence-corrected chi connectivity index (χ2v) is 3.88. The van der Waals surface area contributed by atoms with E-state index in [-0.39, 0.29) is 0 Å². The number of nitrogens with zero attached hydrogens (tertiary/aromatic N) is 2. The Morgan fingerprint density at radius 2 is 1.75 bits per heavy atom. The van der Waals surface area contributed by atoms with Crippen molar-refractivity contribution < 1.29 is 0 Å². The molecule has 0 aliphatic carbocycles. The van der Waals surface area contributed by atoms with Crippen LogP contribution in [0.4, 0.5) is 0 Å². The molecule has 2 heteroatoms. The van der Waals surface area contributed by atoms with Crippen LogP contribution in [0.15, 0.2) is 48.8 Å². The molecule has 0 aliphatic rings. The standard InChI is InChI=1S/C14H16N2/c1-2-12(14-8-4-6-10-16-14)11-13-7-3-5-9-15-13/h3-10,12H,2,11H2,1H3. The Morgan fingerprint density at radius 3 is 2.31 bits per heavy atom. The van der Waals surface area contributed by atoms with Crippen molar-refractivity contribution >= 4 is 0 Å². The van der Waals surface area contributed by atoms with Gasteiger partial charge in [-0.1, -0.05) is 19.1 Å². The third-order valence-corrected chi connectivity index (χ3v) is 2.78. The topological polar surface area (TPSA) is 25.8 Å². The molecule has 2 aromatic heterocycles. The number of pyridine rings is 2. The summed E-state index contributed by atoms with van der Waals surface area (Å²) in [5.74, 6) is 0.469. The zero-order valence-corrected chi connectivity index (χ0v) is 9.50. The maximum atomic E-state index is 4.42. The molecule has 0 amide bonds. The molecular weight excluding hydrogens is 196 g/mol. The third-order valence-electron chi connectivity index (χ3n) is 2.78. The van der Waals surface area contributed by atoms with Gasteiger partial charge in [-0.2, -0.15) is 0 Å². The highest BCUT2D eigenvalue weighted by Crippen LogP contribution is 2.20. The van der Waals surface area contributed by atoms with Crippen molar-refractivity contribution in [2.75, 3.05) is 0 Å². The van der Waals surface area contributed by atoms with Crippen LogP contribution in [0.3, 0.4) is 0 Å². The molecule has 82 valence electrons. The zero-order valence-electron chi connectivity index (χ0n) is 9.50. The van der Waals surface area contributed by atoms with E-state index in [0.29, 0.717) is 5.92 Å². The summed E-state index contributed by atoms with van der Waals surface area (Å²) in [5, 5.41) is 0. The largest absolute Gasteiger partial charge is 0.261 e. The predicted octanol–water partition coefficient (Wildman–Crippen LogP) is 3.21. The minimum Gasteiger partial charge on any atom is -0.261 e. The summed E-state index contributed by atoms with van der Waals surface area (Å²) >= 11 is 0. The molecule has 1 unspecified atom stereocenters. The van der Waals surface area contributed by atoms with Gasteiger partial charge in [-0.05, 0) is 37.1 Å². The van der Waals surface area contributed by atoms with Crippen molar-refractivity contribution in [2.24, 2.45) is 0 Å². The summed E-state index contributed by atoms with van der Waals surface area (Å²) in [7, 11) is 0. The van der Waals surface area contributed by atoms with Crippen LogP contribution in [0.5, 0.6) is 0 Å². The van der Waals surface area contributed by atoms with E-state index in [4.69, 9.17) is 0 Å². The molecular formula is C14H16N2. The van der Waals surface area contributed by atoms with Gasteiger partial charge in [0, 0.05) is 29.7 Å². The van der Waals surface area contributed by atoms with E-state index in [9.17, 15) is 0 Å². The molecule has 0 spiro atoms. The normalized spacial score (nSPS) is 12.3. The SMILES string of the molecule is CCC(Cc1ccccn1)c1ccccn1. The molecule has 2 nitrogen and oxygen atoms in total. The van der Waals surface area contributed by atoms with Crippen LogP contribution in [0.25, 0.3) is 0 Å². The summed E-state index contributed by atoms with van der Waals surface area (Å²) < 4.78 is 0. The van der Waals surface area contributed by atoms with Gasteiger partial charge in [0.05, 0.1) is 0 Å². The Labute approximate surface area is 96.4 Å². The van der Waals surface area contributed by atoms with Crippen molar-refractivity contribution in [3.8, 4) is 0 Å². The van der Waals surface area contributed by atoms with Crippen LogP contribution in [0, 0.1) is 0 Å². The quantitative estimate of drug-likeness (QED) is 0.777. The van der Waals surface area contributed by atoms with Gasteiger partial charge in [0.1, 0.15) is 0 Å². The fourth-order valence-corrected chi connectivity index (χ4v) is 1.85. The zero-order chi connectivity index (χ0) is 11.2. The first-order valence-electron chi connectivity index (χ1n) is 5.71. The lowest BCUT2D eigenvalue weighted by Crippen LogP contribution is -2.04. The van der Waals surface area contributed by atoms with E-state index in [1.807, 2.05) is 36.7 Å². The van der Waals surface area contributed by atoms with Crippen LogP contribution >= 0.6 is 0 Å². The fraction of sp³-hybridized carbons (Fsp3) is 0.286. The van der Waals surface area contributed by atoms with Crippen molar-refractivity contribution in [1.29, 1.82) is 0 Å². The van der Waals surface area contributed by atoms with Crippen LogP contribution in [-0.4, -0.2) is 9.97 Å². The first-order chi connectivity index (χ1) is 7.90. The molecule has 0 radical (unpaired) electrons. The lowest BCUT2D eigenvalue weighted by atomic mass is 9.96. The third kappa shape index (κ3) is 2.66. The molecule has 0 N–H and O–H groups in total. The lowest BCUT2D eigenvalue weighted by molar-refractivity contribution is 0.631. The smallest absolute Gasteiger partial charge is 0.0438 e.